The number of nitrogens with one attached hydrogen (secondary N) is 1. The van der Waals surface area contributed by atoms with Gasteiger partial charge < -0.3 is 15.0 Å². The van der Waals surface area contributed by atoms with E-state index in [0.717, 1.165) is 13.1 Å². The Morgan fingerprint density at radius 3 is 2.78 bits per heavy atom. The Morgan fingerprint density at radius 2 is 2.22 bits per heavy atom. The Hall–Kier alpha value is -1.55. The maximum absolute atomic E-state index is 11.6. The molecule has 18 heavy (non-hydrogen) atoms. The minimum atomic E-state index is -0.242. The van der Waals surface area contributed by atoms with Crippen LogP contribution in [0.3, 0.4) is 0 Å². The number of carbonyl (C=O) groups excluding carboxylic acids is 1. The number of carbonyl (C=O) groups is 1. The van der Waals surface area contributed by atoms with Crippen molar-refractivity contribution in [1.29, 1.82) is 0 Å². The number of esters is 1. The van der Waals surface area contributed by atoms with Crippen LogP contribution in [0.25, 0.3) is 0 Å². The van der Waals surface area contributed by atoms with Crippen LogP contribution in [0.1, 0.15) is 23.7 Å². The lowest BCUT2D eigenvalue weighted by atomic mass is 10.2. The summed E-state index contributed by atoms with van der Waals surface area (Å²) >= 11 is 0. The second-order valence-electron chi connectivity index (χ2n) is 4.91. The molecule has 4 heteroatoms. The minimum absolute atomic E-state index is 0.242. The Labute approximate surface area is 107 Å². The molecule has 2 aliphatic rings. The van der Waals surface area contributed by atoms with Gasteiger partial charge in [0.05, 0.1) is 12.2 Å². The Bertz CT molecular complexity index is 444. The fourth-order valence-corrected chi connectivity index (χ4v) is 2.88. The first-order valence-electron chi connectivity index (χ1n) is 6.55. The summed E-state index contributed by atoms with van der Waals surface area (Å²) in [5.74, 6) is -0.242. The summed E-state index contributed by atoms with van der Waals surface area (Å²) in [6, 6.07) is 9.00. The summed E-state index contributed by atoms with van der Waals surface area (Å²) in [6.45, 7) is 4.39. The summed E-state index contributed by atoms with van der Waals surface area (Å²) in [6.07, 6.45) is 1.24. The lowest BCUT2D eigenvalue weighted by molar-refractivity contribution is 0.0526. The molecule has 1 N–H and O–H groups in total. The maximum Gasteiger partial charge on any atom is 0.338 e. The van der Waals surface area contributed by atoms with Crippen LogP contribution in [-0.4, -0.2) is 37.7 Å². The van der Waals surface area contributed by atoms with E-state index in [-0.39, 0.29) is 5.97 Å². The molecule has 3 rings (SSSR count). The average molecular weight is 246 g/mol. The molecular formula is C14H18N2O2. The molecule has 1 aromatic carbocycles. The van der Waals surface area contributed by atoms with E-state index in [9.17, 15) is 4.79 Å². The van der Waals surface area contributed by atoms with Gasteiger partial charge in [-0.05, 0) is 37.6 Å². The summed E-state index contributed by atoms with van der Waals surface area (Å²) in [7, 11) is 0. The summed E-state index contributed by atoms with van der Waals surface area (Å²) in [5, 5.41) is 3.49. The largest absolute Gasteiger partial charge is 0.462 e. The summed E-state index contributed by atoms with van der Waals surface area (Å²) in [5.41, 5.74) is 1.83. The molecular weight excluding hydrogens is 228 g/mol. The van der Waals surface area contributed by atoms with Gasteiger partial charge in [0.2, 0.25) is 0 Å². The van der Waals surface area contributed by atoms with Gasteiger partial charge in [-0.15, -0.1) is 0 Å². The lowest BCUT2D eigenvalue weighted by Crippen LogP contribution is -2.43. The Balaban J connectivity index is 1.73. The van der Waals surface area contributed by atoms with Crippen LogP contribution >= 0.6 is 0 Å². The predicted molar refractivity (Wildman–Crippen MR) is 69.9 cm³/mol. The van der Waals surface area contributed by atoms with E-state index in [1.807, 2.05) is 31.2 Å². The number of benzene rings is 1. The molecule has 0 spiro atoms. The number of hydrogen-bond donors (Lipinski definition) is 1. The van der Waals surface area contributed by atoms with Crippen molar-refractivity contribution in [1.82, 2.24) is 5.32 Å². The highest BCUT2D eigenvalue weighted by atomic mass is 16.5. The number of ether oxygens (including phenoxy) is 1. The highest BCUT2D eigenvalue weighted by molar-refractivity contribution is 5.89. The van der Waals surface area contributed by atoms with E-state index in [1.54, 1.807) is 0 Å². The third-order valence-corrected chi connectivity index (χ3v) is 3.77. The van der Waals surface area contributed by atoms with E-state index in [4.69, 9.17) is 4.74 Å². The zero-order valence-electron chi connectivity index (χ0n) is 10.6. The molecule has 2 aliphatic heterocycles. The zero-order valence-corrected chi connectivity index (χ0v) is 10.6. The SMILES string of the molecule is CCOC(=O)c1ccc(N2C[C@H]3C[C@@H]2CN3)cc1. The number of rotatable bonds is 3. The zero-order chi connectivity index (χ0) is 12.5. The summed E-state index contributed by atoms with van der Waals surface area (Å²) in [4.78, 5) is 14.0. The molecule has 1 aromatic rings. The molecule has 0 aliphatic carbocycles. The van der Waals surface area contributed by atoms with Crippen molar-refractivity contribution in [2.24, 2.45) is 0 Å². The monoisotopic (exact) mass is 246 g/mol. The molecule has 2 saturated heterocycles. The molecule has 96 valence electrons. The molecule has 0 unspecified atom stereocenters. The fraction of sp³-hybridized carbons (Fsp3) is 0.500. The van der Waals surface area contributed by atoms with Crippen molar-refractivity contribution in [3.63, 3.8) is 0 Å². The van der Waals surface area contributed by atoms with E-state index in [1.165, 1.54) is 12.1 Å². The second-order valence-corrected chi connectivity index (χ2v) is 4.91. The smallest absolute Gasteiger partial charge is 0.338 e. The van der Waals surface area contributed by atoms with Gasteiger partial charge in [0.15, 0.2) is 0 Å². The van der Waals surface area contributed by atoms with Crippen LogP contribution in [0.5, 0.6) is 0 Å². The first kappa shape index (κ1) is 11.5. The maximum atomic E-state index is 11.6. The molecule has 2 heterocycles. The molecule has 0 aromatic heterocycles. The molecule has 0 saturated carbocycles. The van der Waals surface area contributed by atoms with Gasteiger partial charge in [-0.3, -0.25) is 0 Å². The third kappa shape index (κ3) is 1.97. The fourth-order valence-electron chi connectivity index (χ4n) is 2.88. The van der Waals surface area contributed by atoms with Crippen molar-refractivity contribution in [2.45, 2.75) is 25.4 Å². The molecule has 4 nitrogen and oxygen atoms in total. The van der Waals surface area contributed by atoms with E-state index < -0.39 is 0 Å². The van der Waals surface area contributed by atoms with Crippen LogP contribution in [0, 0.1) is 0 Å². The van der Waals surface area contributed by atoms with Crippen LogP contribution in [0.2, 0.25) is 0 Å². The average Bonchev–Trinajstić information content (AvgIpc) is 3.01. The number of hydrogen-bond acceptors (Lipinski definition) is 4. The lowest BCUT2D eigenvalue weighted by Gasteiger charge is -2.29. The van der Waals surface area contributed by atoms with Gasteiger partial charge in [0.25, 0.3) is 0 Å². The van der Waals surface area contributed by atoms with Crippen molar-refractivity contribution < 1.29 is 9.53 Å². The van der Waals surface area contributed by atoms with Crippen molar-refractivity contribution in [2.75, 3.05) is 24.6 Å². The van der Waals surface area contributed by atoms with Crippen LogP contribution in [-0.2, 0) is 4.74 Å². The molecule has 0 radical (unpaired) electrons. The van der Waals surface area contributed by atoms with Gasteiger partial charge in [0.1, 0.15) is 0 Å². The predicted octanol–water partition coefficient (Wildman–Crippen LogP) is 1.41. The second kappa shape index (κ2) is 4.61. The van der Waals surface area contributed by atoms with E-state index >= 15 is 0 Å². The van der Waals surface area contributed by atoms with E-state index in [2.05, 4.69) is 10.2 Å². The molecule has 2 atom stereocenters. The van der Waals surface area contributed by atoms with Gasteiger partial charge in [-0.25, -0.2) is 4.79 Å². The van der Waals surface area contributed by atoms with Crippen LogP contribution in [0.4, 0.5) is 5.69 Å². The molecule has 2 bridgehead atoms. The minimum Gasteiger partial charge on any atom is -0.462 e. The Kier molecular flexibility index (Phi) is 2.96. The topological polar surface area (TPSA) is 41.6 Å². The molecule has 0 amide bonds. The van der Waals surface area contributed by atoms with Crippen molar-refractivity contribution >= 4 is 11.7 Å². The van der Waals surface area contributed by atoms with Crippen LogP contribution in [0.15, 0.2) is 24.3 Å². The third-order valence-electron chi connectivity index (χ3n) is 3.77. The van der Waals surface area contributed by atoms with Crippen LogP contribution < -0.4 is 10.2 Å². The summed E-state index contributed by atoms with van der Waals surface area (Å²) < 4.78 is 4.98. The van der Waals surface area contributed by atoms with Crippen molar-refractivity contribution in [3.05, 3.63) is 29.8 Å². The van der Waals surface area contributed by atoms with Gasteiger partial charge >= 0.3 is 5.97 Å². The quantitative estimate of drug-likeness (QED) is 0.819. The van der Waals surface area contributed by atoms with Gasteiger partial charge in [0, 0.05) is 30.9 Å². The Morgan fingerprint density at radius 1 is 1.44 bits per heavy atom. The first-order valence-corrected chi connectivity index (χ1v) is 6.55. The first-order chi connectivity index (χ1) is 8.78. The van der Waals surface area contributed by atoms with Crippen molar-refractivity contribution in [3.8, 4) is 0 Å². The highest BCUT2D eigenvalue weighted by Gasteiger charge is 2.37. The van der Waals surface area contributed by atoms with Gasteiger partial charge in [-0.1, -0.05) is 0 Å². The normalized spacial score (nSPS) is 25.5. The molecule has 2 fully saturated rings. The van der Waals surface area contributed by atoms with Gasteiger partial charge in [-0.2, -0.15) is 0 Å². The number of nitrogens with zero attached hydrogens (tertiary/aromatic N) is 1. The van der Waals surface area contributed by atoms with E-state index in [0.29, 0.717) is 24.3 Å². The number of anilines is 1. The number of fused-ring (bicyclic) bond motifs is 2. The standard InChI is InChI=1S/C14H18N2O2/c1-2-18-14(17)10-3-5-12(6-4-10)16-9-11-7-13(16)8-15-11/h3-6,11,13,15H,2,7-9H2,1H3/t11-,13-/m1/s1. The number of piperazine rings is 1. The highest BCUT2D eigenvalue weighted by Crippen LogP contribution is 2.29.